The van der Waals surface area contributed by atoms with Gasteiger partial charge in [-0.3, -0.25) is 9.59 Å². The number of carbonyl (C=O) groups excluding carboxylic acids is 2. The fourth-order valence-electron chi connectivity index (χ4n) is 2.86. The predicted molar refractivity (Wildman–Crippen MR) is 108 cm³/mol. The van der Waals surface area contributed by atoms with Crippen LogP contribution in [-0.4, -0.2) is 31.0 Å². The Labute approximate surface area is 164 Å². The minimum Gasteiger partial charge on any atom is -0.480 e. The molecule has 2 amide bonds. The number of amides is 2. The zero-order chi connectivity index (χ0) is 18.4. The monoisotopic (exact) mass is 389 g/mol. The number of hydrogen-bond acceptors (Lipinski definition) is 4. The Hall–Kier alpha value is -2.57. The second-order valence-electron chi connectivity index (χ2n) is 6.24. The Morgan fingerprint density at radius 2 is 1.93 bits per heavy atom. The molecule has 1 aliphatic rings. The molecular weight excluding hydrogens is 366 g/mol. The van der Waals surface area contributed by atoms with Gasteiger partial charge in [0.1, 0.15) is 5.75 Å². The van der Waals surface area contributed by atoms with Crippen LogP contribution < -0.4 is 21.1 Å². The van der Waals surface area contributed by atoms with E-state index >= 15 is 0 Å². The Kier molecular flexibility index (Phi) is 7.64. The summed E-state index contributed by atoms with van der Waals surface area (Å²) in [4.78, 5) is 24.6. The lowest BCUT2D eigenvalue weighted by atomic mass is 10.1. The van der Waals surface area contributed by atoms with Crippen molar-refractivity contribution in [2.45, 2.75) is 25.4 Å². The summed E-state index contributed by atoms with van der Waals surface area (Å²) in [5.74, 6) is 0.364. The Morgan fingerprint density at radius 3 is 2.70 bits per heavy atom. The molecule has 0 saturated heterocycles. The van der Waals surface area contributed by atoms with Crippen LogP contribution in [0.4, 0.5) is 5.69 Å². The number of para-hydroxylation sites is 1. The van der Waals surface area contributed by atoms with Gasteiger partial charge in [-0.05, 0) is 49.2 Å². The Balaban J connectivity index is 0.00000261. The van der Waals surface area contributed by atoms with Crippen molar-refractivity contribution < 1.29 is 14.3 Å². The van der Waals surface area contributed by atoms with Crippen LogP contribution in [-0.2, 0) is 11.2 Å². The molecule has 3 rings (SSSR count). The van der Waals surface area contributed by atoms with Crippen molar-refractivity contribution in [1.29, 1.82) is 0 Å². The van der Waals surface area contributed by atoms with E-state index in [-0.39, 0.29) is 24.2 Å². The van der Waals surface area contributed by atoms with Gasteiger partial charge >= 0.3 is 0 Å². The fourth-order valence-corrected chi connectivity index (χ4v) is 2.86. The molecular formula is C20H24ClN3O3. The van der Waals surface area contributed by atoms with Crippen LogP contribution in [0, 0.1) is 0 Å². The molecule has 1 atom stereocenters. The van der Waals surface area contributed by atoms with Gasteiger partial charge in [-0.15, -0.1) is 12.4 Å². The number of unbranched alkanes of at least 4 members (excludes halogenated alkanes) is 1. The van der Waals surface area contributed by atoms with Crippen molar-refractivity contribution in [2.75, 3.05) is 18.4 Å². The van der Waals surface area contributed by atoms with E-state index in [1.807, 2.05) is 24.3 Å². The van der Waals surface area contributed by atoms with Crippen molar-refractivity contribution in [3.8, 4) is 5.75 Å². The largest absolute Gasteiger partial charge is 0.480 e. The van der Waals surface area contributed by atoms with Crippen molar-refractivity contribution in [2.24, 2.45) is 5.73 Å². The highest BCUT2D eigenvalue weighted by Crippen LogP contribution is 2.28. The van der Waals surface area contributed by atoms with Gasteiger partial charge in [0.15, 0.2) is 6.10 Å². The third kappa shape index (κ3) is 5.45. The number of benzene rings is 2. The summed E-state index contributed by atoms with van der Waals surface area (Å²) in [5.41, 5.74) is 7.54. The molecule has 0 spiro atoms. The van der Waals surface area contributed by atoms with Crippen LogP contribution in [0.5, 0.6) is 5.75 Å². The maximum absolute atomic E-state index is 12.5. The molecule has 4 N–H and O–H groups in total. The average molecular weight is 390 g/mol. The molecule has 27 heavy (non-hydrogen) atoms. The van der Waals surface area contributed by atoms with E-state index in [4.69, 9.17) is 10.5 Å². The summed E-state index contributed by atoms with van der Waals surface area (Å²) >= 11 is 0. The molecule has 1 unspecified atom stereocenters. The van der Waals surface area contributed by atoms with Gasteiger partial charge in [-0.2, -0.15) is 0 Å². The first-order valence-electron chi connectivity index (χ1n) is 8.81. The number of halogens is 1. The maximum atomic E-state index is 12.5. The molecule has 2 aromatic carbocycles. The van der Waals surface area contributed by atoms with Crippen LogP contribution in [0.25, 0.3) is 0 Å². The number of anilines is 1. The molecule has 7 heteroatoms. The summed E-state index contributed by atoms with van der Waals surface area (Å²) in [6.45, 7) is 1.20. The number of rotatable bonds is 7. The van der Waals surface area contributed by atoms with E-state index in [1.54, 1.807) is 24.3 Å². The minimum atomic E-state index is -0.554. The third-order valence-corrected chi connectivity index (χ3v) is 4.25. The molecule has 1 aliphatic heterocycles. The van der Waals surface area contributed by atoms with Crippen molar-refractivity contribution in [3.63, 3.8) is 0 Å². The SMILES string of the molecule is Cl.NCCCCNC(=O)c1cccc(NC(=O)C2Cc3ccccc3O2)c1. The van der Waals surface area contributed by atoms with Crippen LogP contribution in [0.3, 0.4) is 0 Å². The van der Waals surface area contributed by atoms with E-state index in [1.165, 1.54) is 0 Å². The number of nitrogens with one attached hydrogen (secondary N) is 2. The van der Waals surface area contributed by atoms with Crippen LogP contribution in [0.1, 0.15) is 28.8 Å². The van der Waals surface area contributed by atoms with Crippen molar-refractivity contribution in [1.82, 2.24) is 5.32 Å². The first-order chi connectivity index (χ1) is 12.7. The van der Waals surface area contributed by atoms with Crippen LogP contribution in [0.15, 0.2) is 48.5 Å². The number of carbonyl (C=O) groups is 2. The number of ether oxygens (including phenoxy) is 1. The lowest BCUT2D eigenvalue weighted by molar-refractivity contribution is -0.122. The molecule has 0 radical (unpaired) electrons. The molecule has 1 heterocycles. The highest BCUT2D eigenvalue weighted by molar-refractivity contribution is 5.98. The quantitative estimate of drug-likeness (QED) is 0.634. The lowest BCUT2D eigenvalue weighted by Gasteiger charge is -2.12. The minimum absolute atomic E-state index is 0. The molecule has 0 bridgehead atoms. The number of hydrogen-bond donors (Lipinski definition) is 3. The van der Waals surface area contributed by atoms with Gasteiger partial charge in [-0.1, -0.05) is 24.3 Å². The summed E-state index contributed by atoms with van der Waals surface area (Å²) in [7, 11) is 0. The molecule has 2 aromatic rings. The number of nitrogens with two attached hydrogens (primary N) is 1. The van der Waals surface area contributed by atoms with Crippen LogP contribution in [0.2, 0.25) is 0 Å². The molecule has 0 fully saturated rings. The zero-order valence-electron chi connectivity index (χ0n) is 14.9. The van der Waals surface area contributed by atoms with E-state index < -0.39 is 6.10 Å². The molecule has 0 aromatic heterocycles. The molecule has 144 valence electrons. The van der Waals surface area contributed by atoms with Gasteiger partial charge in [0.2, 0.25) is 0 Å². The normalized spacial score (nSPS) is 14.5. The summed E-state index contributed by atoms with van der Waals surface area (Å²) < 4.78 is 5.69. The van der Waals surface area contributed by atoms with Crippen molar-refractivity contribution >= 4 is 29.9 Å². The first-order valence-corrected chi connectivity index (χ1v) is 8.81. The van der Waals surface area contributed by atoms with E-state index in [0.717, 1.165) is 24.2 Å². The van der Waals surface area contributed by atoms with Crippen molar-refractivity contribution in [3.05, 3.63) is 59.7 Å². The van der Waals surface area contributed by atoms with E-state index in [9.17, 15) is 9.59 Å². The van der Waals surface area contributed by atoms with Gasteiger partial charge in [0.25, 0.3) is 11.8 Å². The highest BCUT2D eigenvalue weighted by atomic mass is 35.5. The van der Waals surface area contributed by atoms with Gasteiger partial charge in [0.05, 0.1) is 0 Å². The highest BCUT2D eigenvalue weighted by Gasteiger charge is 2.28. The lowest BCUT2D eigenvalue weighted by Crippen LogP contribution is -2.31. The smallest absolute Gasteiger partial charge is 0.265 e. The average Bonchev–Trinajstić information content (AvgIpc) is 3.10. The Bertz CT molecular complexity index is 773. The van der Waals surface area contributed by atoms with Gasteiger partial charge in [0, 0.05) is 24.2 Å². The second-order valence-corrected chi connectivity index (χ2v) is 6.24. The maximum Gasteiger partial charge on any atom is 0.265 e. The predicted octanol–water partition coefficient (Wildman–Crippen LogP) is 2.52. The first kappa shape index (κ1) is 20.7. The van der Waals surface area contributed by atoms with Gasteiger partial charge < -0.3 is 21.1 Å². The molecule has 6 nitrogen and oxygen atoms in total. The molecule has 0 aliphatic carbocycles. The van der Waals surface area contributed by atoms with E-state index in [2.05, 4.69) is 10.6 Å². The second kappa shape index (κ2) is 9.94. The summed E-state index contributed by atoms with van der Waals surface area (Å²) in [5, 5.41) is 5.68. The van der Waals surface area contributed by atoms with Gasteiger partial charge in [-0.25, -0.2) is 0 Å². The third-order valence-electron chi connectivity index (χ3n) is 4.25. The van der Waals surface area contributed by atoms with Crippen LogP contribution >= 0.6 is 12.4 Å². The zero-order valence-corrected chi connectivity index (χ0v) is 15.8. The number of fused-ring (bicyclic) bond motifs is 1. The summed E-state index contributed by atoms with van der Waals surface area (Å²) in [6.07, 6.45) is 1.71. The van der Waals surface area contributed by atoms with E-state index in [0.29, 0.717) is 30.8 Å². The topological polar surface area (TPSA) is 93.5 Å². The summed E-state index contributed by atoms with van der Waals surface area (Å²) in [6, 6.07) is 14.5. The Morgan fingerprint density at radius 1 is 1.11 bits per heavy atom. The molecule has 0 saturated carbocycles. The fraction of sp³-hybridized carbons (Fsp3) is 0.300. The standard InChI is InChI=1S/C20H23N3O3.ClH/c21-10-3-4-11-22-19(24)15-7-5-8-16(12-15)23-20(25)18-13-14-6-1-2-9-17(14)26-18;/h1-2,5-9,12,18H,3-4,10-11,13,21H2,(H,22,24)(H,23,25);1H.